The van der Waals surface area contributed by atoms with Crippen molar-refractivity contribution < 1.29 is 4.79 Å². The number of anilines is 1. The topological polar surface area (TPSA) is 20.3 Å². The minimum atomic E-state index is 0.292. The fraction of sp³-hybridized carbons (Fsp3) is 0.588. The van der Waals surface area contributed by atoms with Gasteiger partial charge in [-0.1, -0.05) is 12.8 Å². The van der Waals surface area contributed by atoms with Gasteiger partial charge in [0, 0.05) is 30.3 Å². The van der Waals surface area contributed by atoms with E-state index in [1.807, 2.05) is 12.1 Å². The second kappa shape index (κ2) is 5.77. The first kappa shape index (κ1) is 12.7. The Bertz CT molecular complexity index is 425. The van der Waals surface area contributed by atoms with Gasteiger partial charge in [0.25, 0.3) is 0 Å². The van der Waals surface area contributed by atoms with Gasteiger partial charge in [-0.25, -0.2) is 0 Å². The van der Waals surface area contributed by atoms with Crippen LogP contribution in [0.2, 0.25) is 0 Å². The molecule has 2 aliphatic rings. The lowest BCUT2D eigenvalue weighted by Crippen LogP contribution is -2.29. The molecule has 1 heterocycles. The Morgan fingerprint density at radius 2 is 1.53 bits per heavy atom. The van der Waals surface area contributed by atoms with E-state index in [9.17, 15) is 4.79 Å². The Hall–Kier alpha value is -1.31. The monoisotopic (exact) mass is 257 g/mol. The second-order valence-electron chi connectivity index (χ2n) is 5.94. The Labute approximate surface area is 115 Å². The summed E-state index contributed by atoms with van der Waals surface area (Å²) in [6.07, 6.45) is 8.57. The fourth-order valence-corrected chi connectivity index (χ4v) is 3.41. The first-order valence-corrected chi connectivity index (χ1v) is 7.74. The number of hydrogen-bond acceptors (Lipinski definition) is 2. The van der Waals surface area contributed by atoms with Gasteiger partial charge in [-0.3, -0.25) is 4.79 Å². The maximum atomic E-state index is 12.3. The molecule has 1 saturated heterocycles. The number of piperidine rings is 1. The Balaban J connectivity index is 1.69. The molecule has 2 heteroatoms. The van der Waals surface area contributed by atoms with E-state index in [4.69, 9.17) is 0 Å². The van der Waals surface area contributed by atoms with Gasteiger partial charge in [0.15, 0.2) is 5.78 Å². The van der Waals surface area contributed by atoms with E-state index in [1.165, 1.54) is 37.8 Å². The third-order valence-corrected chi connectivity index (χ3v) is 4.60. The summed E-state index contributed by atoms with van der Waals surface area (Å²) in [6.45, 7) is 2.33. The van der Waals surface area contributed by atoms with Crippen molar-refractivity contribution in [1.82, 2.24) is 0 Å². The average molecular weight is 257 g/mol. The van der Waals surface area contributed by atoms with Crippen LogP contribution in [0.5, 0.6) is 0 Å². The largest absolute Gasteiger partial charge is 0.372 e. The molecule has 0 spiro atoms. The highest BCUT2D eigenvalue weighted by atomic mass is 16.1. The summed E-state index contributed by atoms with van der Waals surface area (Å²) in [6, 6.07) is 8.33. The Kier molecular flexibility index (Phi) is 3.86. The SMILES string of the molecule is O=C(c1ccc(N2CCCCC2)cc1)C1CCCC1. The molecule has 3 rings (SSSR count). The van der Waals surface area contributed by atoms with Crippen molar-refractivity contribution in [2.75, 3.05) is 18.0 Å². The predicted molar refractivity (Wildman–Crippen MR) is 78.8 cm³/mol. The van der Waals surface area contributed by atoms with E-state index in [2.05, 4.69) is 17.0 Å². The number of rotatable bonds is 3. The summed E-state index contributed by atoms with van der Waals surface area (Å²) in [5, 5.41) is 0. The predicted octanol–water partition coefficient (Wildman–Crippen LogP) is 4.05. The molecular weight excluding hydrogens is 234 g/mol. The molecule has 0 atom stereocenters. The second-order valence-corrected chi connectivity index (χ2v) is 5.94. The first-order chi connectivity index (χ1) is 9.34. The quantitative estimate of drug-likeness (QED) is 0.761. The van der Waals surface area contributed by atoms with Crippen molar-refractivity contribution in [3.8, 4) is 0 Å². The third-order valence-electron chi connectivity index (χ3n) is 4.60. The van der Waals surface area contributed by atoms with Crippen molar-refractivity contribution in [2.24, 2.45) is 5.92 Å². The molecule has 2 fully saturated rings. The zero-order valence-electron chi connectivity index (χ0n) is 11.6. The van der Waals surface area contributed by atoms with Crippen LogP contribution >= 0.6 is 0 Å². The summed E-state index contributed by atoms with van der Waals surface area (Å²) < 4.78 is 0. The summed E-state index contributed by atoms with van der Waals surface area (Å²) in [4.78, 5) is 14.8. The van der Waals surface area contributed by atoms with Crippen LogP contribution in [0.15, 0.2) is 24.3 Å². The van der Waals surface area contributed by atoms with E-state index in [1.54, 1.807) is 0 Å². The van der Waals surface area contributed by atoms with Gasteiger partial charge in [0.05, 0.1) is 0 Å². The highest BCUT2D eigenvalue weighted by molar-refractivity contribution is 5.98. The van der Waals surface area contributed by atoms with Crippen molar-refractivity contribution >= 4 is 11.5 Å². The van der Waals surface area contributed by atoms with Crippen LogP contribution in [-0.2, 0) is 0 Å². The zero-order valence-corrected chi connectivity index (χ0v) is 11.6. The molecule has 1 aromatic rings. The van der Waals surface area contributed by atoms with E-state index >= 15 is 0 Å². The van der Waals surface area contributed by atoms with Gasteiger partial charge in [0.1, 0.15) is 0 Å². The molecule has 0 N–H and O–H groups in total. The molecule has 19 heavy (non-hydrogen) atoms. The minimum Gasteiger partial charge on any atom is -0.372 e. The highest BCUT2D eigenvalue weighted by Crippen LogP contribution is 2.29. The number of benzene rings is 1. The Morgan fingerprint density at radius 1 is 0.895 bits per heavy atom. The van der Waals surface area contributed by atoms with E-state index < -0.39 is 0 Å². The van der Waals surface area contributed by atoms with Gasteiger partial charge < -0.3 is 4.90 Å². The lowest BCUT2D eigenvalue weighted by atomic mass is 9.96. The van der Waals surface area contributed by atoms with Gasteiger partial charge in [-0.2, -0.15) is 0 Å². The summed E-state index contributed by atoms with van der Waals surface area (Å²) in [5.41, 5.74) is 2.19. The number of nitrogens with zero attached hydrogens (tertiary/aromatic N) is 1. The number of carbonyl (C=O) groups excluding carboxylic acids is 1. The summed E-state index contributed by atoms with van der Waals surface area (Å²) in [7, 11) is 0. The molecule has 1 aliphatic carbocycles. The molecule has 1 aromatic carbocycles. The molecule has 1 aliphatic heterocycles. The number of carbonyl (C=O) groups is 1. The zero-order chi connectivity index (χ0) is 13.1. The van der Waals surface area contributed by atoms with E-state index in [-0.39, 0.29) is 0 Å². The molecule has 1 saturated carbocycles. The van der Waals surface area contributed by atoms with Crippen molar-refractivity contribution in [3.05, 3.63) is 29.8 Å². The van der Waals surface area contributed by atoms with Crippen LogP contribution in [0.4, 0.5) is 5.69 Å². The minimum absolute atomic E-state index is 0.292. The van der Waals surface area contributed by atoms with E-state index in [0.29, 0.717) is 11.7 Å². The van der Waals surface area contributed by atoms with Crippen molar-refractivity contribution in [3.63, 3.8) is 0 Å². The van der Waals surface area contributed by atoms with Crippen LogP contribution in [0.25, 0.3) is 0 Å². The molecule has 102 valence electrons. The van der Waals surface area contributed by atoms with Gasteiger partial charge in [-0.05, 0) is 56.4 Å². The fourth-order valence-electron chi connectivity index (χ4n) is 3.41. The van der Waals surface area contributed by atoms with Crippen LogP contribution in [0.3, 0.4) is 0 Å². The van der Waals surface area contributed by atoms with Crippen LogP contribution < -0.4 is 4.90 Å². The lowest BCUT2D eigenvalue weighted by molar-refractivity contribution is 0.0923. The number of hydrogen-bond donors (Lipinski definition) is 0. The molecule has 2 nitrogen and oxygen atoms in total. The molecule has 0 amide bonds. The number of ketones is 1. The van der Waals surface area contributed by atoms with Gasteiger partial charge in [0.2, 0.25) is 0 Å². The average Bonchev–Trinajstić information content (AvgIpc) is 3.02. The van der Waals surface area contributed by atoms with Gasteiger partial charge in [-0.15, -0.1) is 0 Å². The normalized spacial score (nSPS) is 20.7. The molecule has 0 radical (unpaired) electrons. The lowest BCUT2D eigenvalue weighted by Gasteiger charge is -2.28. The highest BCUT2D eigenvalue weighted by Gasteiger charge is 2.23. The van der Waals surface area contributed by atoms with Crippen LogP contribution in [0, 0.1) is 5.92 Å². The van der Waals surface area contributed by atoms with Crippen molar-refractivity contribution in [1.29, 1.82) is 0 Å². The maximum Gasteiger partial charge on any atom is 0.165 e. The molecule has 0 bridgehead atoms. The van der Waals surface area contributed by atoms with Gasteiger partial charge >= 0.3 is 0 Å². The maximum absolute atomic E-state index is 12.3. The molecule has 0 aromatic heterocycles. The van der Waals surface area contributed by atoms with Crippen LogP contribution in [0.1, 0.15) is 55.3 Å². The summed E-state index contributed by atoms with van der Waals surface area (Å²) in [5.74, 6) is 0.656. The summed E-state index contributed by atoms with van der Waals surface area (Å²) >= 11 is 0. The first-order valence-electron chi connectivity index (χ1n) is 7.74. The standard InChI is InChI=1S/C17H23NO/c19-17(14-6-2-3-7-14)15-8-10-16(11-9-15)18-12-4-1-5-13-18/h8-11,14H,1-7,12-13H2. The Morgan fingerprint density at radius 3 is 2.16 bits per heavy atom. The van der Waals surface area contributed by atoms with Crippen molar-refractivity contribution in [2.45, 2.75) is 44.9 Å². The van der Waals surface area contributed by atoms with Crippen LogP contribution in [-0.4, -0.2) is 18.9 Å². The molecule has 0 unspecified atom stereocenters. The smallest absolute Gasteiger partial charge is 0.165 e. The third kappa shape index (κ3) is 2.83. The number of Topliss-reactive ketones (excluding diaryl/α,β-unsaturated/α-hetero) is 1. The van der Waals surface area contributed by atoms with E-state index in [0.717, 1.165) is 31.5 Å². The molecular formula is C17H23NO.